The molecule has 7 heteroatoms. The first-order valence-electron chi connectivity index (χ1n) is 7.21. The molecule has 1 aromatic heterocycles. The number of benzene rings is 1. The van der Waals surface area contributed by atoms with Crippen LogP contribution >= 0.6 is 0 Å². The summed E-state index contributed by atoms with van der Waals surface area (Å²) in [4.78, 5) is 37.2. The van der Waals surface area contributed by atoms with Crippen molar-refractivity contribution in [3.05, 3.63) is 68.7 Å². The first-order valence-corrected chi connectivity index (χ1v) is 7.21. The van der Waals surface area contributed by atoms with E-state index in [0.717, 1.165) is 4.57 Å². The molecule has 1 heterocycles. The fourth-order valence-corrected chi connectivity index (χ4v) is 2.21. The van der Waals surface area contributed by atoms with Crippen molar-refractivity contribution in [2.45, 2.75) is 20.0 Å². The lowest BCUT2D eigenvalue weighted by Crippen LogP contribution is -2.41. The number of amides is 1. The first-order chi connectivity index (χ1) is 10.9. The van der Waals surface area contributed by atoms with Crippen LogP contribution in [0.1, 0.15) is 12.5 Å². The van der Waals surface area contributed by atoms with Crippen LogP contribution in [-0.4, -0.2) is 26.5 Å². The molecule has 0 bridgehead atoms. The summed E-state index contributed by atoms with van der Waals surface area (Å²) in [5.41, 5.74) is -0.300. The van der Waals surface area contributed by atoms with Crippen molar-refractivity contribution >= 4 is 5.91 Å². The Kier molecular flexibility index (Phi) is 5.10. The highest BCUT2D eigenvalue weighted by molar-refractivity contribution is 5.75. The molecule has 6 nitrogen and oxygen atoms in total. The summed E-state index contributed by atoms with van der Waals surface area (Å²) in [7, 11) is 1.36. The van der Waals surface area contributed by atoms with Crippen molar-refractivity contribution in [3.8, 4) is 0 Å². The van der Waals surface area contributed by atoms with Crippen LogP contribution < -0.4 is 11.2 Å². The average molecular weight is 319 g/mol. The van der Waals surface area contributed by atoms with Crippen molar-refractivity contribution in [1.82, 2.24) is 14.0 Å². The van der Waals surface area contributed by atoms with Gasteiger partial charge in [-0.2, -0.15) is 0 Å². The van der Waals surface area contributed by atoms with Gasteiger partial charge < -0.3 is 4.90 Å². The molecular formula is C16H18FN3O3. The van der Waals surface area contributed by atoms with Gasteiger partial charge in [0.25, 0.3) is 5.56 Å². The highest BCUT2D eigenvalue weighted by Crippen LogP contribution is 2.08. The summed E-state index contributed by atoms with van der Waals surface area (Å²) in [6.07, 6.45) is 1.30. The number of likely N-dealkylation sites (N-methyl/N-ethyl adjacent to an activating group) is 1. The maximum Gasteiger partial charge on any atom is 0.331 e. The van der Waals surface area contributed by atoms with Gasteiger partial charge in [0.2, 0.25) is 5.91 Å². The molecule has 0 radical (unpaired) electrons. The Bertz CT molecular complexity index is 826. The highest BCUT2D eigenvalue weighted by Gasteiger charge is 2.14. The largest absolute Gasteiger partial charge is 0.337 e. The van der Waals surface area contributed by atoms with Gasteiger partial charge in [0.15, 0.2) is 0 Å². The van der Waals surface area contributed by atoms with Crippen molar-refractivity contribution in [2.24, 2.45) is 7.05 Å². The number of nitrogens with zero attached hydrogens (tertiary/aromatic N) is 3. The minimum Gasteiger partial charge on any atom is -0.337 e. The predicted octanol–water partition coefficient (Wildman–Crippen LogP) is 0.735. The topological polar surface area (TPSA) is 64.3 Å². The molecule has 122 valence electrons. The highest BCUT2D eigenvalue weighted by atomic mass is 19.1. The van der Waals surface area contributed by atoms with Crippen LogP contribution in [0.2, 0.25) is 0 Å². The molecule has 0 atom stereocenters. The molecular weight excluding hydrogens is 301 g/mol. The number of carbonyl (C=O) groups is 1. The van der Waals surface area contributed by atoms with Gasteiger partial charge in [-0.05, 0) is 24.6 Å². The van der Waals surface area contributed by atoms with Crippen LogP contribution in [0.4, 0.5) is 4.39 Å². The second kappa shape index (κ2) is 7.04. The van der Waals surface area contributed by atoms with E-state index in [1.54, 1.807) is 19.1 Å². The molecule has 0 aliphatic rings. The second-order valence-corrected chi connectivity index (χ2v) is 5.16. The van der Waals surface area contributed by atoms with Gasteiger partial charge in [-0.15, -0.1) is 0 Å². The van der Waals surface area contributed by atoms with Crippen molar-refractivity contribution in [2.75, 3.05) is 6.54 Å². The van der Waals surface area contributed by atoms with Gasteiger partial charge in [-0.3, -0.25) is 18.7 Å². The quantitative estimate of drug-likeness (QED) is 0.816. The third-order valence-electron chi connectivity index (χ3n) is 3.56. The smallest absolute Gasteiger partial charge is 0.331 e. The minimum absolute atomic E-state index is 0.171. The number of hydrogen-bond acceptors (Lipinski definition) is 3. The molecule has 0 spiro atoms. The Hall–Kier alpha value is -2.70. The van der Waals surface area contributed by atoms with Crippen LogP contribution in [0.3, 0.4) is 0 Å². The summed E-state index contributed by atoms with van der Waals surface area (Å²) in [6, 6.07) is 7.26. The number of rotatable bonds is 5. The predicted molar refractivity (Wildman–Crippen MR) is 83.4 cm³/mol. The SMILES string of the molecule is CCN(Cc1cccc(F)c1)C(=O)Cn1ccc(=O)n(C)c1=O. The molecule has 0 saturated carbocycles. The lowest BCUT2D eigenvalue weighted by atomic mass is 10.2. The molecule has 0 saturated heterocycles. The Labute approximate surface area is 132 Å². The summed E-state index contributed by atoms with van der Waals surface area (Å²) in [6.45, 7) is 2.32. The van der Waals surface area contributed by atoms with E-state index >= 15 is 0 Å². The molecule has 1 amide bonds. The van der Waals surface area contributed by atoms with E-state index in [-0.39, 0.29) is 24.8 Å². The van der Waals surface area contributed by atoms with Crippen LogP contribution in [0.25, 0.3) is 0 Å². The molecule has 0 N–H and O–H groups in total. The Morgan fingerprint density at radius 1 is 1.26 bits per heavy atom. The molecule has 2 rings (SSSR count). The maximum absolute atomic E-state index is 13.2. The lowest BCUT2D eigenvalue weighted by Gasteiger charge is -2.21. The van der Waals surface area contributed by atoms with Gasteiger partial charge in [0.05, 0.1) is 0 Å². The summed E-state index contributed by atoms with van der Waals surface area (Å²) >= 11 is 0. The van der Waals surface area contributed by atoms with Crippen molar-refractivity contribution < 1.29 is 9.18 Å². The molecule has 0 unspecified atom stereocenters. The zero-order valence-corrected chi connectivity index (χ0v) is 13.0. The molecule has 0 fully saturated rings. The number of hydrogen-bond donors (Lipinski definition) is 0. The Morgan fingerprint density at radius 3 is 2.65 bits per heavy atom. The van der Waals surface area contributed by atoms with Gasteiger partial charge >= 0.3 is 5.69 Å². The summed E-state index contributed by atoms with van der Waals surface area (Å²) in [5, 5.41) is 0. The number of halogens is 1. The van der Waals surface area contributed by atoms with Gasteiger partial charge in [0, 0.05) is 32.4 Å². The van der Waals surface area contributed by atoms with E-state index < -0.39 is 11.2 Å². The lowest BCUT2D eigenvalue weighted by molar-refractivity contribution is -0.132. The average Bonchev–Trinajstić information content (AvgIpc) is 2.53. The summed E-state index contributed by atoms with van der Waals surface area (Å²) < 4.78 is 15.3. The van der Waals surface area contributed by atoms with E-state index in [4.69, 9.17) is 0 Å². The Morgan fingerprint density at radius 2 is 2.00 bits per heavy atom. The van der Waals surface area contributed by atoms with Crippen LogP contribution in [0, 0.1) is 5.82 Å². The van der Waals surface area contributed by atoms with Gasteiger partial charge in [-0.25, -0.2) is 9.18 Å². The number of aromatic nitrogens is 2. The van der Waals surface area contributed by atoms with Crippen molar-refractivity contribution in [1.29, 1.82) is 0 Å². The number of carbonyl (C=O) groups excluding carboxylic acids is 1. The van der Waals surface area contributed by atoms with Crippen LogP contribution in [0.5, 0.6) is 0 Å². The maximum atomic E-state index is 13.2. The third kappa shape index (κ3) is 3.94. The zero-order valence-electron chi connectivity index (χ0n) is 13.0. The Balaban J connectivity index is 2.16. The van der Waals surface area contributed by atoms with E-state index in [2.05, 4.69) is 0 Å². The molecule has 2 aromatic rings. The van der Waals surface area contributed by atoms with Crippen LogP contribution in [0.15, 0.2) is 46.1 Å². The third-order valence-corrected chi connectivity index (χ3v) is 3.56. The van der Waals surface area contributed by atoms with Gasteiger partial charge in [-0.1, -0.05) is 12.1 Å². The standard InChI is InChI=1S/C16H18FN3O3/c1-3-19(10-12-5-4-6-13(17)9-12)15(22)11-20-8-7-14(21)18(2)16(20)23/h4-9H,3,10-11H2,1-2H3. The monoisotopic (exact) mass is 319 g/mol. The first kappa shape index (κ1) is 16.7. The van der Waals surface area contributed by atoms with E-state index in [1.807, 2.05) is 0 Å². The van der Waals surface area contributed by atoms with E-state index in [1.165, 1.54) is 40.9 Å². The zero-order chi connectivity index (χ0) is 17.0. The van der Waals surface area contributed by atoms with E-state index in [9.17, 15) is 18.8 Å². The minimum atomic E-state index is -0.548. The van der Waals surface area contributed by atoms with E-state index in [0.29, 0.717) is 12.1 Å². The molecule has 23 heavy (non-hydrogen) atoms. The second-order valence-electron chi connectivity index (χ2n) is 5.16. The fourth-order valence-electron chi connectivity index (χ4n) is 2.21. The molecule has 1 aromatic carbocycles. The molecule has 0 aliphatic carbocycles. The normalized spacial score (nSPS) is 10.6. The van der Waals surface area contributed by atoms with Gasteiger partial charge in [0.1, 0.15) is 12.4 Å². The fraction of sp³-hybridized carbons (Fsp3) is 0.312. The van der Waals surface area contributed by atoms with Crippen molar-refractivity contribution in [3.63, 3.8) is 0 Å². The van der Waals surface area contributed by atoms with Crippen LogP contribution in [-0.2, 0) is 24.9 Å². The molecule has 0 aliphatic heterocycles. The summed E-state index contributed by atoms with van der Waals surface area (Å²) in [5.74, 6) is -0.641.